The normalized spacial score (nSPS) is 15.9. The van der Waals surface area contributed by atoms with Crippen LogP contribution in [0, 0.1) is 0 Å². The van der Waals surface area contributed by atoms with E-state index in [1.807, 2.05) is 71.1 Å². The van der Waals surface area contributed by atoms with E-state index in [2.05, 4.69) is 17.1 Å². The van der Waals surface area contributed by atoms with E-state index in [4.69, 9.17) is 9.47 Å². The summed E-state index contributed by atoms with van der Waals surface area (Å²) in [6.07, 6.45) is 5.14. The van der Waals surface area contributed by atoms with Gasteiger partial charge < -0.3 is 14.4 Å². The topological polar surface area (TPSA) is 51.7 Å². The van der Waals surface area contributed by atoms with Crippen molar-refractivity contribution in [1.29, 1.82) is 0 Å². The molecule has 1 fully saturated rings. The van der Waals surface area contributed by atoms with Gasteiger partial charge in [0, 0.05) is 18.8 Å². The zero-order chi connectivity index (χ0) is 22.0. The van der Waals surface area contributed by atoms with Crippen molar-refractivity contribution in [2.45, 2.75) is 71.9 Å². The third-order valence-corrected chi connectivity index (χ3v) is 5.30. The molecule has 1 saturated heterocycles. The molecule has 5 nitrogen and oxygen atoms in total. The summed E-state index contributed by atoms with van der Waals surface area (Å²) in [6, 6.07) is 14.3. The lowest BCUT2D eigenvalue weighted by Crippen LogP contribution is -2.42. The molecule has 0 spiro atoms. The van der Waals surface area contributed by atoms with Crippen LogP contribution >= 0.6 is 0 Å². The van der Waals surface area contributed by atoms with Crippen LogP contribution in [0.3, 0.4) is 0 Å². The molecule has 0 N–H and O–H groups in total. The highest BCUT2D eigenvalue weighted by atomic mass is 16.6. The molecular weight excluding hydrogens is 376 g/mol. The van der Waals surface area contributed by atoms with Gasteiger partial charge in [-0.05, 0) is 50.7 Å². The van der Waals surface area contributed by atoms with Crippen LogP contribution in [0.4, 0.5) is 4.79 Å². The second kappa shape index (κ2) is 11.6. The Morgan fingerprint density at radius 2 is 1.87 bits per heavy atom. The van der Waals surface area contributed by atoms with E-state index in [-0.39, 0.29) is 12.1 Å². The number of benzene rings is 1. The molecular formula is C25H36N2O3. The molecule has 3 rings (SSSR count). The third-order valence-electron chi connectivity index (χ3n) is 5.30. The Hall–Kier alpha value is -2.56. The molecule has 1 aromatic carbocycles. The largest absolute Gasteiger partial charge is 0.475 e. The fourth-order valence-corrected chi connectivity index (χ4v) is 3.23. The summed E-state index contributed by atoms with van der Waals surface area (Å²) in [7, 11) is 0. The molecule has 1 amide bonds. The number of ether oxygens (including phenoxy) is 2. The van der Waals surface area contributed by atoms with E-state index in [1.165, 1.54) is 5.56 Å². The van der Waals surface area contributed by atoms with Crippen molar-refractivity contribution < 1.29 is 14.3 Å². The van der Waals surface area contributed by atoms with Crippen LogP contribution in [-0.4, -0.2) is 40.8 Å². The molecule has 164 valence electrons. The van der Waals surface area contributed by atoms with E-state index in [1.54, 1.807) is 4.90 Å². The van der Waals surface area contributed by atoms with Crippen molar-refractivity contribution >= 4 is 6.09 Å². The van der Waals surface area contributed by atoms with Crippen molar-refractivity contribution in [2.24, 2.45) is 0 Å². The highest BCUT2D eigenvalue weighted by Crippen LogP contribution is 2.23. The summed E-state index contributed by atoms with van der Waals surface area (Å²) in [6.45, 7) is 11.1. The fourth-order valence-electron chi connectivity index (χ4n) is 3.23. The molecule has 0 aliphatic carbocycles. The maximum absolute atomic E-state index is 12.5. The first-order valence-corrected chi connectivity index (χ1v) is 11.1. The number of carbonyl (C=O) groups excluding carboxylic acids is 1. The van der Waals surface area contributed by atoms with Gasteiger partial charge in [0.05, 0.1) is 6.04 Å². The van der Waals surface area contributed by atoms with E-state index in [9.17, 15) is 4.79 Å². The van der Waals surface area contributed by atoms with Gasteiger partial charge >= 0.3 is 6.09 Å². The first-order chi connectivity index (χ1) is 14.5. The number of likely N-dealkylation sites (tertiary alicyclic amines) is 1. The van der Waals surface area contributed by atoms with Crippen molar-refractivity contribution in [3.8, 4) is 5.88 Å². The van der Waals surface area contributed by atoms with Crippen molar-refractivity contribution in [2.75, 3.05) is 13.2 Å². The summed E-state index contributed by atoms with van der Waals surface area (Å²) in [4.78, 5) is 18.7. The molecule has 2 heterocycles. The molecule has 1 atom stereocenters. The zero-order valence-electron chi connectivity index (χ0n) is 19.1. The molecule has 2 aromatic rings. The van der Waals surface area contributed by atoms with Gasteiger partial charge in [0.15, 0.2) is 0 Å². The van der Waals surface area contributed by atoms with Gasteiger partial charge in [-0.2, -0.15) is 0 Å². The number of aromatic nitrogens is 1. The molecule has 0 bridgehead atoms. The summed E-state index contributed by atoms with van der Waals surface area (Å²) in [5.74, 6) is 0.589. The van der Waals surface area contributed by atoms with Gasteiger partial charge in [-0.3, -0.25) is 0 Å². The van der Waals surface area contributed by atoms with E-state index < -0.39 is 5.60 Å². The number of hydrogen-bond acceptors (Lipinski definition) is 4. The van der Waals surface area contributed by atoms with Crippen LogP contribution in [0.15, 0.2) is 48.7 Å². The van der Waals surface area contributed by atoms with Crippen LogP contribution < -0.4 is 4.74 Å². The minimum Gasteiger partial charge on any atom is -0.475 e. The van der Waals surface area contributed by atoms with Gasteiger partial charge in [-0.1, -0.05) is 57.2 Å². The number of carbonyl (C=O) groups is 1. The monoisotopic (exact) mass is 412 g/mol. The summed E-state index contributed by atoms with van der Waals surface area (Å²) in [5, 5.41) is 0. The van der Waals surface area contributed by atoms with Gasteiger partial charge in [0.25, 0.3) is 0 Å². The SMILES string of the molecule is CC.CCC(C)(C)OC(=O)N1CCCC1COc1ccc(Cc2ccccc2)cn1. The minimum atomic E-state index is -0.443. The zero-order valence-corrected chi connectivity index (χ0v) is 19.1. The highest BCUT2D eigenvalue weighted by molar-refractivity contribution is 5.69. The first-order valence-electron chi connectivity index (χ1n) is 11.1. The third kappa shape index (κ3) is 7.05. The maximum atomic E-state index is 12.5. The van der Waals surface area contributed by atoms with Crippen LogP contribution in [0.5, 0.6) is 5.88 Å². The molecule has 1 unspecified atom stereocenters. The first kappa shape index (κ1) is 23.7. The summed E-state index contributed by atoms with van der Waals surface area (Å²) in [5.41, 5.74) is 1.96. The van der Waals surface area contributed by atoms with Crippen LogP contribution in [0.1, 0.15) is 65.0 Å². The molecule has 30 heavy (non-hydrogen) atoms. The second-order valence-electron chi connectivity index (χ2n) is 7.95. The lowest BCUT2D eigenvalue weighted by atomic mass is 10.1. The Kier molecular flexibility index (Phi) is 9.15. The number of hydrogen-bond donors (Lipinski definition) is 0. The minimum absolute atomic E-state index is 0.0333. The predicted octanol–water partition coefficient (Wildman–Crippen LogP) is 5.87. The molecule has 1 aliphatic heterocycles. The number of amides is 1. The Balaban J connectivity index is 0.00000155. The van der Waals surface area contributed by atoms with Gasteiger partial charge in [0.2, 0.25) is 5.88 Å². The van der Waals surface area contributed by atoms with Crippen molar-refractivity contribution in [3.05, 3.63) is 59.8 Å². The predicted molar refractivity (Wildman–Crippen MR) is 121 cm³/mol. The molecule has 0 radical (unpaired) electrons. The Morgan fingerprint density at radius 1 is 1.13 bits per heavy atom. The van der Waals surface area contributed by atoms with Crippen molar-refractivity contribution in [3.63, 3.8) is 0 Å². The van der Waals surface area contributed by atoms with Crippen LogP contribution in [0.25, 0.3) is 0 Å². The van der Waals surface area contributed by atoms with E-state index in [0.29, 0.717) is 12.5 Å². The Bertz CT molecular complexity index is 760. The van der Waals surface area contributed by atoms with Crippen molar-refractivity contribution in [1.82, 2.24) is 9.88 Å². The Labute approximate surface area is 181 Å². The summed E-state index contributed by atoms with van der Waals surface area (Å²) >= 11 is 0. The Morgan fingerprint density at radius 3 is 2.50 bits per heavy atom. The number of pyridine rings is 1. The van der Waals surface area contributed by atoms with E-state index in [0.717, 1.165) is 37.8 Å². The number of nitrogens with zero attached hydrogens (tertiary/aromatic N) is 2. The van der Waals surface area contributed by atoms with Crippen LogP contribution in [-0.2, 0) is 11.2 Å². The van der Waals surface area contributed by atoms with Gasteiger partial charge in [-0.25, -0.2) is 9.78 Å². The van der Waals surface area contributed by atoms with Gasteiger partial charge in [-0.15, -0.1) is 0 Å². The van der Waals surface area contributed by atoms with Crippen LogP contribution in [0.2, 0.25) is 0 Å². The lowest BCUT2D eigenvalue weighted by molar-refractivity contribution is 0.00594. The van der Waals surface area contributed by atoms with Gasteiger partial charge in [0.1, 0.15) is 12.2 Å². The lowest BCUT2D eigenvalue weighted by Gasteiger charge is -2.30. The maximum Gasteiger partial charge on any atom is 0.410 e. The average molecular weight is 413 g/mol. The fraction of sp³-hybridized carbons (Fsp3) is 0.520. The number of rotatable bonds is 7. The highest BCUT2D eigenvalue weighted by Gasteiger charge is 2.33. The van der Waals surface area contributed by atoms with E-state index >= 15 is 0 Å². The molecule has 1 aromatic heterocycles. The molecule has 0 saturated carbocycles. The standard InChI is InChI=1S/C23H30N2O3.C2H6/c1-4-23(2,3)28-22(26)25-14-8-11-20(25)17-27-21-13-12-19(16-24-21)15-18-9-6-5-7-10-18;1-2/h5-7,9-10,12-13,16,20H,4,8,11,14-15,17H2,1-3H3;1-2H3. The summed E-state index contributed by atoms with van der Waals surface area (Å²) < 4.78 is 11.5. The average Bonchev–Trinajstić information content (AvgIpc) is 3.24. The second-order valence-corrected chi connectivity index (χ2v) is 7.95. The smallest absolute Gasteiger partial charge is 0.410 e. The molecule has 1 aliphatic rings. The molecule has 5 heteroatoms. The quantitative estimate of drug-likeness (QED) is 0.571.